The van der Waals surface area contributed by atoms with Crippen LogP contribution in [0.1, 0.15) is 13.3 Å². The summed E-state index contributed by atoms with van der Waals surface area (Å²) in [5.74, 6) is 1.17. The molecule has 0 saturated carbocycles. The lowest BCUT2D eigenvalue weighted by Gasteiger charge is -2.31. The first-order valence-corrected chi connectivity index (χ1v) is 8.61. The highest BCUT2D eigenvalue weighted by Crippen LogP contribution is 2.33. The predicted molar refractivity (Wildman–Crippen MR) is 98.8 cm³/mol. The third kappa shape index (κ3) is 2.10. The molecule has 0 saturated heterocycles. The molecule has 5 rings (SSSR count). The Hall–Kier alpha value is -3.34. The number of rotatable bonds is 2. The molecule has 1 aromatic rings. The molecule has 0 fully saturated rings. The molecule has 5 heteroatoms. The summed E-state index contributed by atoms with van der Waals surface area (Å²) in [7, 11) is 0. The molecule has 0 radical (unpaired) electrons. The third-order valence-corrected chi connectivity index (χ3v) is 4.75. The van der Waals surface area contributed by atoms with Crippen molar-refractivity contribution in [3.05, 3.63) is 70.1 Å². The SMILES string of the molecule is CCOC(=O)C1=c2c(ccc3c2=CN2C=CC4=CC=CCC4=C2O3)N=C1. The summed E-state index contributed by atoms with van der Waals surface area (Å²) in [5.41, 5.74) is 3.55. The lowest BCUT2D eigenvalue weighted by atomic mass is 9.96. The highest BCUT2D eigenvalue weighted by atomic mass is 16.5. The molecule has 5 nitrogen and oxygen atoms in total. The molecule has 1 aliphatic carbocycles. The van der Waals surface area contributed by atoms with Gasteiger partial charge in [0.2, 0.25) is 5.88 Å². The van der Waals surface area contributed by atoms with E-state index in [4.69, 9.17) is 9.47 Å². The van der Waals surface area contributed by atoms with E-state index < -0.39 is 0 Å². The number of hydrogen-bond donors (Lipinski definition) is 0. The van der Waals surface area contributed by atoms with Gasteiger partial charge in [0, 0.05) is 34.6 Å². The van der Waals surface area contributed by atoms with Gasteiger partial charge in [-0.05, 0) is 37.1 Å². The summed E-state index contributed by atoms with van der Waals surface area (Å²) in [6.07, 6.45) is 14.7. The molecule has 0 bridgehead atoms. The van der Waals surface area contributed by atoms with Crippen molar-refractivity contribution in [2.45, 2.75) is 13.3 Å². The maximum Gasteiger partial charge on any atom is 0.340 e. The summed E-state index contributed by atoms with van der Waals surface area (Å²) >= 11 is 0. The summed E-state index contributed by atoms with van der Waals surface area (Å²) in [6.45, 7) is 2.12. The number of carbonyl (C=O) groups excluding carboxylic acids is 1. The van der Waals surface area contributed by atoms with Gasteiger partial charge in [0.1, 0.15) is 5.75 Å². The van der Waals surface area contributed by atoms with Crippen LogP contribution in [0.5, 0.6) is 5.75 Å². The standard InChI is InChI=1S/C21H16N2O3/c1-2-25-21(24)15-11-22-17-7-8-18-16(19(15)17)12-23-10-9-13-5-3-4-6-14(13)20(23)26-18/h3-5,7-12H,2,6H2,1H3. The zero-order valence-electron chi connectivity index (χ0n) is 14.2. The number of carbonyl (C=O) groups is 1. The molecule has 3 aliphatic heterocycles. The molecule has 0 aromatic heterocycles. The number of benzene rings is 1. The van der Waals surface area contributed by atoms with Gasteiger partial charge in [-0.25, -0.2) is 4.79 Å². The van der Waals surface area contributed by atoms with Crippen molar-refractivity contribution in [1.82, 2.24) is 4.90 Å². The first kappa shape index (κ1) is 15.0. The van der Waals surface area contributed by atoms with Crippen molar-refractivity contribution >= 4 is 29.6 Å². The lowest BCUT2D eigenvalue weighted by Crippen LogP contribution is -2.38. The Labute approximate surface area is 150 Å². The monoisotopic (exact) mass is 344 g/mol. The average Bonchev–Trinajstić information content (AvgIpc) is 3.11. The van der Waals surface area contributed by atoms with Crippen LogP contribution in [0.4, 0.5) is 5.69 Å². The molecule has 4 aliphatic rings. The Morgan fingerprint density at radius 2 is 2.31 bits per heavy atom. The molecular formula is C21H16N2O3. The van der Waals surface area contributed by atoms with Crippen LogP contribution in [-0.2, 0) is 9.53 Å². The minimum Gasteiger partial charge on any atom is -0.462 e. The van der Waals surface area contributed by atoms with Crippen molar-refractivity contribution in [1.29, 1.82) is 0 Å². The summed E-state index contributed by atoms with van der Waals surface area (Å²) < 4.78 is 11.4. The minimum atomic E-state index is -0.363. The second-order valence-corrected chi connectivity index (χ2v) is 6.26. The van der Waals surface area contributed by atoms with Gasteiger partial charge in [0.05, 0.1) is 17.9 Å². The number of aliphatic imine (C=N–C) groups is 1. The molecule has 3 heterocycles. The van der Waals surface area contributed by atoms with Crippen LogP contribution in [0.2, 0.25) is 0 Å². The maximum absolute atomic E-state index is 12.3. The second-order valence-electron chi connectivity index (χ2n) is 6.26. The molecular weight excluding hydrogens is 328 g/mol. The first-order valence-electron chi connectivity index (χ1n) is 8.61. The topological polar surface area (TPSA) is 51.1 Å². The quantitative estimate of drug-likeness (QED) is 0.772. The van der Waals surface area contributed by atoms with E-state index in [9.17, 15) is 4.79 Å². The molecule has 0 unspecified atom stereocenters. The van der Waals surface area contributed by atoms with Crippen molar-refractivity contribution in [2.75, 3.05) is 6.61 Å². The molecule has 26 heavy (non-hydrogen) atoms. The van der Waals surface area contributed by atoms with E-state index >= 15 is 0 Å². The first-order chi connectivity index (χ1) is 12.8. The van der Waals surface area contributed by atoms with Gasteiger partial charge in [-0.15, -0.1) is 0 Å². The van der Waals surface area contributed by atoms with Gasteiger partial charge in [0.15, 0.2) is 0 Å². The molecule has 128 valence electrons. The summed E-state index contributed by atoms with van der Waals surface area (Å²) in [6, 6.07) is 3.78. The van der Waals surface area contributed by atoms with E-state index in [1.165, 1.54) is 5.57 Å². The number of hydrogen-bond acceptors (Lipinski definition) is 5. The molecule has 0 N–H and O–H groups in total. The number of ether oxygens (including phenoxy) is 2. The number of fused-ring (bicyclic) bond motifs is 5. The van der Waals surface area contributed by atoms with Crippen LogP contribution in [0.25, 0.3) is 11.8 Å². The van der Waals surface area contributed by atoms with E-state index in [-0.39, 0.29) is 5.97 Å². The number of nitrogens with zero attached hydrogens (tertiary/aromatic N) is 2. The Kier molecular flexibility index (Phi) is 3.22. The van der Waals surface area contributed by atoms with Crippen molar-refractivity contribution < 1.29 is 14.3 Å². The van der Waals surface area contributed by atoms with Crippen LogP contribution >= 0.6 is 0 Å². The van der Waals surface area contributed by atoms with Gasteiger partial charge < -0.3 is 9.47 Å². The fourth-order valence-corrected chi connectivity index (χ4v) is 3.55. The van der Waals surface area contributed by atoms with E-state index in [1.54, 1.807) is 13.1 Å². The molecule has 0 amide bonds. The third-order valence-electron chi connectivity index (χ3n) is 4.75. The summed E-state index contributed by atoms with van der Waals surface area (Å²) in [4.78, 5) is 18.6. The highest BCUT2D eigenvalue weighted by Gasteiger charge is 2.27. The zero-order chi connectivity index (χ0) is 17.7. The Balaban J connectivity index is 1.72. The van der Waals surface area contributed by atoms with Crippen LogP contribution in [0, 0.1) is 0 Å². The molecule has 0 spiro atoms. The smallest absolute Gasteiger partial charge is 0.340 e. The fraction of sp³-hybridized carbons (Fsp3) is 0.143. The van der Waals surface area contributed by atoms with E-state index in [0.29, 0.717) is 12.2 Å². The zero-order valence-corrected chi connectivity index (χ0v) is 14.2. The van der Waals surface area contributed by atoms with E-state index in [1.807, 2.05) is 29.4 Å². The highest BCUT2D eigenvalue weighted by molar-refractivity contribution is 6.34. The van der Waals surface area contributed by atoms with Crippen LogP contribution in [0.3, 0.4) is 0 Å². The van der Waals surface area contributed by atoms with Crippen LogP contribution in [0.15, 0.2) is 64.7 Å². The maximum atomic E-state index is 12.3. The average molecular weight is 344 g/mol. The van der Waals surface area contributed by atoms with E-state index in [2.05, 4.69) is 29.3 Å². The largest absolute Gasteiger partial charge is 0.462 e. The number of esters is 1. The van der Waals surface area contributed by atoms with Gasteiger partial charge in [-0.3, -0.25) is 9.89 Å². The lowest BCUT2D eigenvalue weighted by molar-refractivity contribution is -0.135. The van der Waals surface area contributed by atoms with Crippen molar-refractivity contribution in [3.63, 3.8) is 0 Å². The van der Waals surface area contributed by atoms with Crippen LogP contribution in [-0.4, -0.2) is 23.7 Å². The second kappa shape index (κ2) is 5.59. The normalized spacial score (nSPS) is 18.4. The van der Waals surface area contributed by atoms with Gasteiger partial charge >= 0.3 is 5.97 Å². The Morgan fingerprint density at radius 3 is 3.19 bits per heavy atom. The fourth-order valence-electron chi connectivity index (χ4n) is 3.55. The van der Waals surface area contributed by atoms with Crippen LogP contribution < -0.4 is 15.2 Å². The van der Waals surface area contributed by atoms with Crippen molar-refractivity contribution in [3.8, 4) is 5.75 Å². The Bertz CT molecular complexity index is 1120. The van der Waals surface area contributed by atoms with E-state index in [0.717, 1.165) is 39.8 Å². The molecule has 1 aromatic carbocycles. The van der Waals surface area contributed by atoms with Gasteiger partial charge in [-0.2, -0.15) is 0 Å². The van der Waals surface area contributed by atoms with Gasteiger partial charge in [0.25, 0.3) is 0 Å². The minimum absolute atomic E-state index is 0.328. The van der Waals surface area contributed by atoms with Gasteiger partial charge in [-0.1, -0.05) is 18.2 Å². The molecule has 0 atom stereocenters. The summed E-state index contributed by atoms with van der Waals surface area (Å²) in [5, 5.41) is 1.61. The predicted octanol–water partition coefficient (Wildman–Crippen LogP) is 2.17. The Morgan fingerprint density at radius 1 is 1.38 bits per heavy atom. The van der Waals surface area contributed by atoms with Crippen molar-refractivity contribution in [2.24, 2.45) is 4.99 Å². The number of allylic oxidation sites excluding steroid dienone is 6.